The van der Waals surface area contributed by atoms with Crippen LogP contribution in [0.4, 0.5) is 0 Å². The third kappa shape index (κ3) is 9.54. The molecule has 1 amide bonds. The Balaban J connectivity index is 2.18. The second-order valence-electron chi connectivity index (χ2n) is 6.24. The molecule has 1 aliphatic rings. The van der Waals surface area contributed by atoms with Crippen LogP contribution in [-0.2, 0) is 28.5 Å². The average molecular weight is 410 g/mol. The topological polar surface area (TPSA) is 148 Å². The van der Waals surface area contributed by atoms with Gasteiger partial charge in [0.05, 0.1) is 52.9 Å². The zero-order valence-corrected chi connectivity index (χ0v) is 16.5. The number of hydrogen-bond acceptors (Lipinski definition) is 10. The molecule has 5 N–H and O–H groups in total. The smallest absolute Gasteiger partial charge is 0.217 e. The van der Waals surface area contributed by atoms with Gasteiger partial charge in [0.15, 0.2) is 6.29 Å². The predicted molar refractivity (Wildman–Crippen MR) is 97.7 cm³/mol. The van der Waals surface area contributed by atoms with Crippen LogP contribution in [-0.4, -0.2) is 118 Å². The fourth-order valence-corrected chi connectivity index (χ4v) is 2.55. The van der Waals surface area contributed by atoms with Crippen LogP contribution in [0.3, 0.4) is 0 Å². The number of rotatable bonds is 15. The third-order valence-corrected chi connectivity index (χ3v) is 4.00. The summed E-state index contributed by atoms with van der Waals surface area (Å²) in [4.78, 5) is 11.3. The molecule has 166 valence electrons. The summed E-state index contributed by atoms with van der Waals surface area (Å²) < 4.78 is 27.0. The molecular formula is C17H34N2O9. The summed E-state index contributed by atoms with van der Waals surface area (Å²) in [5.41, 5.74) is 0. The summed E-state index contributed by atoms with van der Waals surface area (Å²) in [7, 11) is 1.86. The fourth-order valence-electron chi connectivity index (χ4n) is 2.55. The Kier molecular flexibility index (Phi) is 13.5. The van der Waals surface area contributed by atoms with E-state index in [9.17, 15) is 20.1 Å². The van der Waals surface area contributed by atoms with Gasteiger partial charge in [0.2, 0.25) is 5.91 Å². The second-order valence-corrected chi connectivity index (χ2v) is 6.24. The Morgan fingerprint density at radius 1 is 0.964 bits per heavy atom. The van der Waals surface area contributed by atoms with Crippen LogP contribution in [0, 0.1) is 0 Å². The van der Waals surface area contributed by atoms with Crippen LogP contribution in [0.2, 0.25) is 0 Å². The molecule has 1 fully saturated rings. The molecule has 28 heavy (non-hydrogen) atoms. The zero-order valence-electron chi connectivity index (χ0n) is 16.5. The van der Waals surface area contributed by atoms with Gasteiger partial charge in [-0.15, -0.1) is 0 Å². The van der Waals surface area contributed by atoms with Crippen LogP contribution in [0.15, 0.2) is 0 Å². The van der Waals surface area contributed by atoms with Gasteiger partial charge in [-0.3, -0.25) is 4.79 Å². The van der Waals surface area contributed by atoms with Crippen molar-refractivity contribution in [3.63, 3.8) is 0 Å². The maximum atomic E-state index is 11.3. The Hall–Kier alpha value is -0.890. The lowest BCUT2D eigenvalue weighted by Gasteiger charge is -2.42. The molecule has 1 heterocycles. The van der Waals surface area contributed by atoms with Crippen LogP contribution in [0.1, 0.15) is 6.92 Å². The molecule has 1 rings (SSSR count). The molecule has 0 aromatic heterocycles. The van der Waals surface area contributed by atoms with Crippen molar-refractivity contribution in [2.75, 3.05) is 66.4 Å². The molecule has 0 radical (unpaired) electrons. The molecule has 11 nitrogen and oxygen atoms in total. The van der Waals surface area contributed by atoms with Crippen molar-refractivity contribution < 1.29 is 43.8 Å². The standard InChI is InChI=1S/C17H34N2O9/c1-12(21)19-14-16(23)15(22)13(11-20)28-17(14)27-10-9-26-8-7-25-6-5-24-4-3-18-2/h13-18,20,22-23H,3-11H2,1-2H3,(H,19,21). The average Bonchev–Trinajstić information content (AvgIpc) is 2.67. The van der Waals surface area contributed by atoms with E-state index in [1.165, 1.54) is 6.92 Å². The first-order valence-corrected chi connectivity index (χ1v) is 9.40. The van der Waals surface area contributed by atoms with Gasteiger partial charge in [0.1, 0.15) is 24.4 Å². The molecule has 0 spiro atoms. The molecule has 1 aliphatic heterocycles. The van der Waals surface area contributed by atoms with E-state index in [1.54, 1.807) is 0 Å². The molecule has 0 aromatic carbocycles. The highest BCUT2D eigenvalue weighted by atomic mass is 16.7. The van der Waals surface area contributed by atoms with E-state index in [-0.39, 0.29) is 13.2 Å². The van der Waals surface area contributed by atoms with Gasteiger partial charge in [-0.25, -0.2) is 0 Å². The van der Waals surface area contributed by atoms with E-state index < -0.39 is 43.2 Å². The van der Waals surface area contributed by atoms with Crippen molar-refractivity contribution in [3.8, 4) is 0 Å². The number of aliphatic hydroxyl groups is 3. The SMILES string of the molecule is CNCCOCCOCCOCCOC1OC(CO)C(O)C(O)C1NC(C)=O. The molecule has 11 heteroatoms. The minimum atomic E-state index is -1.34. The molecule has 5 unspecified atom stereocenters. The normalized spacial score (nSPS) is 27.7. The maximum absolute atomic E-state index is 11.3. The molecule has 0 bridgehead atoms. The van der Waals surface area contributed by atoms with Gasteiger partial charge in [-0.05, 0) is 7.05 Å². The highest BCUT2D eigenvalue weighted by molar-refractivity contribution is 5.73. The number of ether oxygens (including phenoxy) is 5. The monoisotopic (exact) mass is 410 g/mol. The molecular weight excluding hydrogens is 376 g/mol. The van der Waals surface area contributed by atoms with Gasteiger partial charge in [-0.2, -0.15) is 0 Å². The Morgan fingerprint density at radius 3 is 2.07 bits per heavy atom. The molecule has 0 aromatic rings. The number of carbonyl (C=O) groups excluding carboxylic acids is 1. The number of amides is 1. The Labute approximate surface area is 165 Å². The second kappa shape index (κ2) is 15.0. The number of aliphatic hydroxyl groups excluding tert-OH is 3. The number of nitrogens with one attached hydrogen (secondary N) is 2. The number of hydrogen-bond donors (Lipinski definition) is 5. The van der Waals surface area contributed by atoms with Gasteiger partial charge in [0.25, 0.3) is 0 Å². The Morgan fingerprint density at radius 2 is 1.54 bits per heavy atom. The summed E-state index contributed by atoms with van der Waals surface area (Å²) in [5.74, 6) is -0.403. The quantitative estimate of drug-likeness (QED) is 0.180. The summed E-state index contributed by atoms with van der Waals surface area (Å²) in [6.07, 6.45) is -4.69. The minimum absolute atomic E-state index is 0.134. The van der Waals surface area contributed by atoms with Crippen molar-refractivity contribution in [2.45, 2.75) is 37.6 Å². The first-order chi connectivity index (χ1) is 13.5. The van der Waals surface area contributed by atoms with Crippen LogP contribution in [0.5, 0.6) is 0 Å². The first-order valence-electron chi connectivity index (χ1n) is 9.40. The van der Waals surface area contributed by atoms with Crippen LogP contribution in [0.25, 0.3) is 0 Å². The van der Waals surface area contributed by atoms with Crippen molar-refractivity contribution in [3.05, 3.63) is 0 Å². The van der Waals surface area contributed by atoms with Gasteiger partial charge in [-0.1, -0.05) is 0 Å². The van der Waals surface area contributed by atoms with E-state index in [0.717, 1.165) is 6.54 Å². The van der Waals surface area contributed by atoms with Gasteiger partial charge < -0.3 is 49.6 Å². The lowest BCUT2D eigenvalue weighted by Crippen LogP contribution is -2.64. The highest BCUT2D eigenvalue weighted by Crippen LogP contribution is 2.22. The summed E-state index contributed by atoms with van der Waals surface area (Å²) in [6.45, 7) is 4.41. The largest absolute Gasteiger partial charge is 0.394 e. The number of likely N-dealkylation sites (N-methyl/N-ethyl adjacent to an activating group) is 1. The third-order valence-electron chi connectivity index (χ3n) is 4.00. The van der Waals surface area contributed by atoms with E-state index in [1.807, 2.05) is 7.05 Å². The van der Waals surface area contributed by atoms with Crippen molar-refractivity contribution in [1.29, 1.82) is 0 Å². The van der Waals surface area contributed by atoms with E-state index >= 15 is 0 Å². The molecule has 0 saturated carbocycles. The van der Waals surface area contributed by atoms with Gasteiger partial charge in [0, 0.05) is 13.5 Å². The zero-order chi connectivity index (χ0) is 20.8. The predicted octanol–water partition coefficient (Wildman–Crippen LogP) is -2.78. The fraction of sp³-hybridized carbons (Fsp3) is 0.941. The van der Waals surface area contributed by atoms with E-state index in [0.29, 0.717) is 33.0 Å². The van der Waals surface area contributed by atoms with Crippen molar-refractivity contribution in [2.24, 2.45) is 0 Å². The molecule has 1 saturated heterocycles. The van der Waals surface area contributed by atoms with Crippen molar-refractivity contribution >= 4 is 5.91 Å². The Bertz CT molecular complexity index is 416. The van der Waals surface area contributed by atoms with Crippen LogP contribution < -0.4 is 10.6 Å². The number of carbonyl (C=O) groups is 1. The van der Waals surface area contributed by atoms with Crippen molar-refractivity contribution in [1.82, 2.24) is 10.6 Å². The van der Waals surface area contributed by atoms with Gasteiger partial charge >= 0.3 is 0 Å². The van der Waals surface area contributed by atoms with Crippen LogP contribution >= 0.6 is 0 Å². The molecule has 5 atom stereocenters. The van der Waals surface area contributed by atoms with E-state index in [2.05, 4.69) is 10.6 Å². The summed E-state index contributed by atoms with van der Waals surface area (Å²) >= 11 is 0. The maximum Gasteiger partial charge on any atom is 0.217 e. The lowest BCUT2D eigenvalue weighted by molar-refractivity contribution is -0.272. The highest BCUT2D eigenvalue weighted by Gasteiger charge is 2.45. The minimum Gasteiger partial charge on any atom is -0.394 e. The lowest BCUT2D eigenvalue weighted by atomic mass is 9.97. The molecule has 0 aliphatic carbocycles. The van der Waals surface area contributed by atoms with E-state index in [4.69, 9.17) is 23.7 Å². The first kappa shape index (κ1) is 25.1. The summed E-state index contributed by atoms with van der Waals surface area (Å²) in [5, 5.41) is 34.8. The summed E-state index contributed by atoms with van der Waals surface area (Å²) in [6, 6.07) is -0.957.